The second-order valence-corrected chi connectivity index (χ2v) is 9.28. The summed E-state index contributed by atoms with van der Waals surface area (Å²) in [5.41, 5.74) is -0.684. The largest absolute Gasteiger partial charge is 0.494 e. The number of esters is 1. The van der Waals surface area contributed by atoms with Gasteiger partial charge in [-0.1, -0.05) is 0 Å². The van der Waals surface area contributed by atoms with Crippen LogP contribution in [0.5, 0.6) is 17.4 Å². The van der Waals surface area contributed by atoms with Crippen molar-refractivity contribution in [3.8, 4) is 17.4 Å². The second kappa shape index (κ2) is 14.0. The summed E-state index contributed by atoms with van der Waals surface area (Å²) in [4.78, 5) is 27.0. The molecule has 0 spiro atoms. The molecule has 0 saturated carbocycles. The van der Waals surface area contributed by atoms with Crippen LogP contribution in [0, 0.1) is 17.6 Å². The molecule has 2 N–H and O–H groups in total. The number of likely N-dealkylation sites (tertiary alicyclic amines) is 1. The number of alkyl halides is 1. The van der Waals surface area contributed by atoms with Crippen LogP contribution in [-0.4, -0.2) is 75.5 Å². The Hall–Kier alpha value is -3.26. The molecule has 0 bridgehead atoms. The third-order valence-corrected chi connectivity index (χ3v) is 6.99. The summed E-state index contributed by atoms with van der Waals surface area (Å²) in [6, 6.07) is 0.502. The number of rotatable bonds is 12. The van der Waals surface area contributed by atoms with E-state index >= 15 is 0 Å². The summed E-state index contributed by atoms with van der Waals surface area (Å²) in [6.07, 6.45) is 2.64. The van der Waals surface area contributed by atoms with Gasteiger partial charge in [0.2, 0.25) is 5.88 Å². The molecule has 3 rings (SSSR count). The van der Waals surface area contributed by atoms with Crippen LogP contribution in [0.25, 0.3) is 0 Å². The minimum Gasteiger partial charge on any atom is -0.494 e. The van der Waals surface area contributed by atoms with Crippen molar-refractivity contribution in [2.24, 2.45) is 5.92 Å². The fraction of sp³-hybridized carbons (Fsp3) is 0.542. The molecule has 210 valence electrons. The van der Waals surface area contributed by atoms with Crippen LogP contribution in [0.3, 0.4) is 0 Å². The van der Waals surface area contributed by atoms with Gasteiger partial charge in [-0.3, -0.25) is 5.32 Å². The highest BCUT2D eigenvalue weighted by atomic mass is 32.1. The van der Waals surface area contributed by atoms with E-state index in [4.69, 9.17) is 18.9 Å². The standard InChI is InChI=1S/C24H31F3N4O6S/c1-34-16-12-17(35-2)20(27)15(19(16)26)13-37-21-18(23(32)36-3)22(38-30-21)29-24(33)28-8-4-14-5-9-31(10-6-14)11-7-25/h12,14H,4-11,13H2,1-3H3,(H2,28,29,33). The molecular formula is C24H31F3N4O6S. The number of aromatic nitrogens is 1. The summed E-state index contributed by atoms with van der Waals surface area (Å²) in [7, 11) is 3.58. The number of hydrogen-bond donors (Lipinski definition) is 2. The second-order valence-electron chi connectivity index (χ2n) is 8.50. The third-order valence-electron chi connectivity index (χ3n) is 6.24. The number of amides is 2. The molecule has 1 saturated heterocycles. The Balaban J connectivity index is 1.62. The molecule has 1 fully saturated rings. The zero-order valence-electron chi connectivity index (χ0n) is 21.4. The van der Waals surface area contributed by atoms with Crippen molar-refractivity contribution >= 4 is 28.5 Å². The summed E-state index contributed by atoms with van der Waals surface area (Å²) >= 11 is 0.753. The maximum absolute atomic E-state index is 14.7. The maximum atomic E-state index is 14.7. The van der Waals surface area contributed by atoms with Crippen LogP contribution >= 0.6 is 11.5 Å². The van der Waals surface area contributed by atoms with Gasteiger partial charge in [0.1, 0.15) is 18.3 Å². The fourth-order valence-electron chi connectivity index (χ4n) is 4.10. The van der Waals surface area contributed by atoms with E-state index in [1.54, 1.807) is 0 Å². The van der Waals surface area contributed by atoms with E-state index in [2.05, 4.69) is 19.9 Å². The van der Waals surface area contributed by atoms with E-state index < -0.39 is 35.8 Å². The van der Waals surface area contributed by atoms with E-state index in [0.717, 1.165) is 57.1 Å². The SMILES string of the molecule is COC(=O)c1c(OCc2c(F)c(OC)cc(OC)c2F)nsc1NC(=O)NCCC1CCN(CCF)CC1. The molecule has 0 unspecified atom stereocenters. The topological polar surface area (TPSA) is 111 Å². The molecule has 2 aromatic rings. The van der Waals surface area contributed by atoms with Crippen molar-refractivity contribution in [1.29, 1.82) is 0 Å². The number of hydrogen-bond acceptors (Lipinski definition) is 9. The van der Waals surface area contributed by atoms with Crippen molar-refractivity contribution in [2.45, 2.75) is 25.9 Å². The summed E-state index contributed by atoms with van der Waals surface area (Å²) in [6.45, 7) is 1.54. The van der Waals surface area contributed by atoms with Gasteiger partial charge in [-0.25, -0.2) is 22.8 Å². The Labute approximate surface area is 222 Å². The lowest BCUT2D eigenvalue weighted by Gasteiger charge is -2.31. The van der Waals surface area contributed by atoms with Gasteiger partial charge in [-0.15, -0.1) is 0 Å². The number of methoxy groups -OCH3 is 3. The van der Waals surface area contributed by atoms with Gasteiger partial charge in [0.25, 0.3) is 0 Å². The number of piperidine rings is 1. The van der Waals surface area contributed by atoms with Crippen molar-refractivity contribution in [1.82, 2.24) is 14.6 Å². The van der Waals surface area contributed by atoms with Crippen LogP contribution in [0.4, 0.5) is 23.0 Å². The fourth-order valence-corrected chi connectivity index (χ4v) is 4.82. The Morgan fingerprint density at radius 1 is 1.13 bits per heavy atom. The minimum atomic E-state index is -0.994. The summed E-state index contributed by atoms with van der Waals surface area (Å²) in [5.74, 6) is -3.18. The molecule has 14 heteroatoms. The Morgan fingerprint density at radius 2 is 1.79 bits per heavy atom. The first kappa shape index (κ1) is 29.3. The number of nitrogens with one attached hydrogen (secondary N) is 2. The maximum Gasteiger partial charge on any atom is 0.346 e. The van der Waals surface area contributed by atoms with Gasteiger partial charge < -0.3 is 29.2 Å². The smallest absolute Gasteiger partial charge is 0.346 e. The zero-order chi connectivity index (χ0) is 27.7. The Bertz CT molecular complexity index is 1080. The van der Waals surface area contributed by atoms with Gasteiger partial charge >= 0.3 is 12.0 Å². The third kappa shape index (κ3) is 7.19. The number of anilines is 1. The number of benzene rings is 1. The number of urea groups is 1. The lowest BCUT2D eigenvalue weighted by molar-refractivity contribution is 0.0596. The molecule has 0 aliphatic carbocycles. The van der Waals surface area contributed by atoms with Gasteiger partial charge in [0, 0.05) is 19.2 Å². The predicted molar refractivity (Wildman–Crippen MR) is 134 cm³/mol. The quantitative estimate of drug-likeness (QED) is 0.375. The first-order valence-electron chi connectivity index (χ1n) is 12.0. The Morgan fingerprint density at radius 3 is 2.37 bits per heavy atom. The van der Waals surface area contributed by atoms with Crippen molar-refractivity contribution in [3.05, 3.63) is 28.8 Å². The van der Waals surface area contributed by atoms with Crippen LogP contribution in [0.2, 0.25) is 0 Å². The zero-order valence-corrected chi connectivity index (χ0v) is 22.2. The number of nitrogens with zero attached hydrogens (tertiary/aromatic N) is 2. The van der Waals surface area contributed by atoms with E-state index in [1.165, 1.54) is 14.2 Å². The molecule has 1 aliphatic rings. The molecule has 1 aliphatic heterocycles. The number of carbonyl (C=O) groups excluding carboxylic acids is 2. The van der Waals surface area contributed by atoms with E-state index in [9.17, 15) is 22.8 Å². The average molecular weight is 561 g/mol. The van der Waals surface area contributed by atoms with Crippen LogP contribution in [0.1, 0.15) is 35.2 Å². The molecule has 0 atom stereocenters. The van der Waals surface area contributed by atoms with Crippen molar-refractivity contribution in [2.75, 3.05) is 59.5 Å². The minimum absolute atomic E-state index is 0.0491. The number of carbonyl (C=O) groups is 2. The summed E-state index contributed by atoms with van der Waals surface area (Å²) in [5, 5.41) is 5.34. The summed E-state index contributed by atoms with van der Waals surface area (Å²) < 4.78 is 65.9. The molecule has 1 aromatic heterocycles. The van der Waals surface area contributed by atoms with Crippen LogP contribution in [-0.2, 0) is 11.3 Å². The number of halogens is 3. The molecule has 38 heavy (non-hydrogen) atoms. The monoisotopic (exact) mass is 560 g/mol. The van der Waals surface area contributed by atoms with E-state index in [1.807, 2.05) is 0 Å². The van der Waals surface area contributed by atoms with E-state index in [-0.39, 0.29) is 34.6 Å². The molecule has 1 aromatic carbocycles. The highest BCUT2D eigenvalue weighted by molar-refractivity contribution is 7.11. The van der Waals surface area contributed by atoms with Crippen molar-refractivity contribution < 1.29 is 41.7 Å². The normalized spacial score (nSPS) is 14.2. The van der Waals surface area contributed by atoms with Gasteiger partial charge in [0.15, 0.2) is 28.7 Å². The lowest BCUT2D eigenvalue weighted by atomic mass is 9.93. The first-order chi connectivity index (χ1) is 18.3. The first-order valence-corrected chi connectivity index (χ1v) is 12.7. The van der Waals surface area contributed by atoms with Gasteiger partial charge in [0.05, 0.1) is 26.9 Å². The van der Waals surface area contributed by atoms with Crippen LogP contribution in [0.15, 0.2) is 6.07 Å². The lowest BCUT2D eigenvalue weighted by Crippen LogP contribution is -2.37. The number of ether oxygens (including phenoxy) is 4. The molecule has 2 amide bonds. The van der Waals surface area contributed by atoms with Gasteiger partial charge in [-0.2, -0.15) is 4.37 Å². The highest BCUT2D eigenvalue weighted by Crippen LogP contribution is 2.35. The predicted octanol–water partition coefficient (Wildman–Crippen LogP) is 4.00. The van der Waals surface area contributed by atoms with Gasteiger partial charge in [-0.05, 0) is 49.8 Å². The highest BCUT2D eigenvalue weighted by Gasteiger charge is 2.27. The Kier molecular flexibility index (Phi) is 10.8. The van der Waals surface area contributed by atoms with Crippen molar-refractivity contribution in [3.63, 3.8) is 0 Å². The molecular weight excluding hydrogens is 529 g/mol. The van der Waals surface area contributed by atoms with Crippen LogP contribution < -0.4 is 24.8 Å². The molecule has 2 heterocycles. The molecule has 0 radical (unpaired) electrons. The molecule has 10 nitrogen and oxygen atoms in total. The average Bonchev–Trinajstić information content (AvgIpc) is 3.31. The van der Waals surface area contributed by atoms with E-state index in [0.29, 0.717) is 19.0 Å².